The van der Waals surface area contributed by atoms with Crippen molar-refractivity contribution in [1.29, 1.82) is 0 Å². The molecule has 10 heteroatoms. The smallest absolute Gasteiger partial charge is 0.275 e. The predicted molar refractivity (Wildman–Crippen MR) is 173 cm³/mol. The number of benzene rings is 3. The van der Waals surface area contributed by atoms with Crippen LogP contribution >= 0.6 is 0 Å². The summed E-state index contributed by atoms with van der Waals surface area (Å²) in [7, 11) is 0. The zero-order valence-electron chi connectivity index (χ0n) is 26.5. The number of carbonyl (C=O) groups excluding carboxylic acids is 2. The average Bonchev–Trinajstić information content (AvgIpc) is 3.68. The minimum Gasteiger partial charge on any atom is -0.345 e. The lowest BCUT2D eigenvalue weighted by Gasteiger charge is -2.46. The Kier molecular flexibility index (Phi) is 8.80. The van der Waals surface area contributed by atoms with E-state index in [1.807, 2.05) is 23.1 Å². The second-order valence-corrected chi connectivity index (χ2v) is 13.6. The molecule has 0 radical (unpaired) electrons. The summed E-state index contributed by atoms with van der Waals surface area (Å²) in [5, 5.41) is 16.5. The van der Waals surface area contributed by atoms with Gasteiger partial charge in [0, 0.05) is 11.1 Å². The first-order valence-electron chi connectivity index (χ1n) is 16.0. The maximum atomic E-state index is 14.5. The van der Waals surface area contributed by atoms with Gasteiger partial charge >= 0.3 is 0 Å². The van der Waals surface area contributed by atoms with E-state index in [-0.39, 0.29) is 35.6 Å². The van der Waals surface area contributed by atoms with Crippen LogP contribution in [0.1, 0.15) is 104 Å². The summed E-state index contributed by atoms with van der Waals surface area (Å²) < 4.78 is 13.9. The van der Waals surface area contributed by atoms with Gasteiger partial charge in [-0.05, 0) is 97.4 Å². The van der Waals surface area contributed by atoms with Crippen LogP contribution in [0.3, 0.4) is 0 Å². The summed E-state index contributed by atoms with van der Waals surface area (Å²) >= 11 is 0. The van der Waals surface area contributed by atoms with Gasteiger partial charge in [-0.3, -0.25) is 14.6 Å². The van der Waals surface area contributed by atoms with Gasteiger partial charge in [0.1, 0.15) is 17.2 Å². The van der Waals surface area contributed by atoms with Crippen molar-refractivity contribution in [3.8, 4) is 0 Å². The van der Waals surface area contributed by atoms with Crippen LogP contribution < -0.4 is 5.32 Å². The number of carbonyl (C=O) groups is 2. The molecule has 1 aromatic heterocycles. The molecule has 46 heavy (non-hydrogen) atoms. The molecule has 3 aromatic carbocycles. The highest BCUT2D eigenvalue weighted by Crippen LogP contribution is 2.49. The number of hydrogen-bond acceptors (Lipinski definition) is 6. The van der Waals surface area contributed by atoms with Crippen LogP contribution in [0.2, 0.25) is 0 Å². The molecule has 2 N–H and O–H groups in total. The summed E-state index contributed by atoms with van der Waals surface area (Å²) in [5.41, 5.74) is 3.10. The third-order valence-corrected chi connectivity index (χ3v) is 9.20. The average molecular weight is 622 g/mol. The Hall–Kier alpha value is -4.73. The molecule has 1 aliphatic heterocycles. The second kappa shape index (κ2) is 12.9. The van der Waals surface area contributed by atoms with Crippen LogP contribution in [0.4, 0.5) is 4.39 Å². The summed E-state index contributed by atoms with van der Waals surface area (Å²) in [6.45, 7) is 6.76. The number of halogens is 1. The number of aliphatic imine (C=N–C) groups is 1. The maximum absolute atomic E-state index is 14.5. The fourth-order valence-electron chi connectivity index (χ4n) is 6.72. The van der Waals surface area contributed by atoms with Gasteiger partial charge in [0.15, 0.2) is 5.82 Å². The van der Waals surface area contributed by atoms with Crippen molar-refractivity contribution >= 4 is 17.5 Å². The largest absolute Gasteiger partial charge is 0.345 e. The quantitative estimate of drug-likeness (QED) is 0.221. The van der Waals surface area contributed by atoms with E-state index in [1.165, 1.54) is 17.7 Å². The van der Waals surface area contributed by atoms with Crippen molar-refractivity contribution in [2.24, 2.45) is 10.4 Å². The number of nitrogens with one attached hydrogen (secondary N) is 2. The minimum atomic E-state index is -0.713. The Morgan fingerprint density at radius 2 is 1.72 bits per heavy atom. The molecule has 2 heterocycles. The monoisotopic (exact) mass is 621 g/mol. The lowest BCUT2D eigenvalue weighted by atomic mass is 9.77. The fraction of sp³-hybridized carbons (Fsp3) is 0.389. The first kappa shape index (κ1) is 31.3. The molecule has 0 bridgehead atoms. The third kappa shape index (κ3) is 6.76. The maximum Gasteiger partial charge on any atom is 0.275 e. The molecule has 2 amide bonds. The van der Waals surface area contributed by atoms with Gasteiger partial charge in [0.05, 0.1) is 12.6 Å². The van der Waals surface area contributed by atoms with E-state index in [0.29, 0.717) is 28.6 Å². The molecule has 0 unspecified atom stereocenters. The molecular weight excluding hydrogens is 581 g/mol. The normalized spacial score (nSPS) is 20.5. The third-order valence-electron chi connectivity index (χ3n) is 9.20. The van der Waals surface area contributed by atoms with Crippen LogP contribution in [0, 0.1) is 11.2 Å². The van der Waals surface area contributed by atoms with Gasteiger partial charge in [-0.25, -0.2) is 4.39 Å². The topological polar surface area (TPSA) is 116 Å². The van der Waals surface area contributed by atoms with Crippen LogP contribution in [-0.4, -0.2) is 48.7 Å². The SMILES string of the molecule is CC(C)(C)CC[C@H](c1ccc(C(=O)NCc2nn[nH]n2)cc1)N1C(=O)C(c2ccc(F)cc2)=NC12CCC(c1ccccc1)CC2. The molecule has 9 nitrogen and oxygen atoms in total. The number of rotatable bonds is 9. The summed E-state index contributed by atoms with van der Waals surface area (Å²) in [6.07, 6.45) is 4.87. The van der Waals surface area contributed by atoms with Gasteiger partial charge in [-0.15, -0.1) is 10.2 Å². The number of H-pyrrole nitrogens is 1. The zero-order chi connectivity index (χ0) is 32.3. The molecule has 1 saturated carbocycles. The standard InChI is InChI=1S/C36H40FN7O2/c1-35(2,3)20-19-30(26-9-11-28(12-10-26)33(45)38-23-31-40-42-43-41-31)44-34(46)32(27-13-15-29(37)16-14-27)39-36(44)21-17-25(18-22-36)24-7-5-4-6-8-24/h4-16,25,30H,17-23H2,1-3H3,(H,38,45)(H,40,41,42,43)/t25?,30-,36?/m1/s1. The summed E-state index contributed by atoms with van der Waals surface area (Å²) in [5.74, 6) is 0.0495. The lowest BCUT2D eigenvalue weighted by Crippen LogP contribution is -2.50. The lowest BCUT2D eigenvalue weighted by molar-refractivity contribution is -0.133. The molecule has 1 fully saturated rings. The summed E-state index contributed by atoms with van der Waals surface area (Å²) in [6, 6.07) is 23.8. The highest BCUT2D eigenvalue weighted by atomic mass is 19.1. The Labute approximate surface area is 268 Å². The van der Waals surface area contributed by atoms with Gasteiger partial charge in [-0.1, -0.05) is 68.4 Å². The van der Waals surface area contributed by atoms with Crippen molar-refractivity contribution in [3.63, 3.8) is 0 Å². The summed E-state index contributed by atoms with van der Waals surface area (Å²) in [4.78, 5) is 34.7. The number of nitrogens with zero attached hydrogens (tertiary/aromatic N) is 5. The number of tetrazole rings is 1. The van der Waals surface area contributed by atoms with Gasteiger partial charge in [0.25, 0.3) is 11.8 Å². The molecule has 2 aliphatic rings. The van der Waals surface area contributed by atoms with Crippen molar-refractivity contribution in [2.75, 3.05) is 0 Å². The van der Waals surface area contributed by atoms with Gasteiger partial charge < -0.3 is 10.2 Å². The van der Waals surface area contributed by atoms with Gasteiger partial charge in [0.2, 0.25) is 0 Å². The number of hydrogen-bond donors (Lipinski definition) is 2. The zero-order valence-corrected chi connectivity index (χ0v) is 26.5. The molecule has 4 aromatic rings. The number of amides is 2. The first-order valence-corrected chi connectivity index (χ1v) is 16.0. The molecule has 1 aliphatic carbocycles. The number of aromatic amines is 1. The molecule has 6 rings (SSSR count). The molecule has 1 spiro atoms. The van der Waals surface area contributed by atoms with Crippen LogP contribution in [-0.2, 0) is 11.3 Å². The Bertz CT molecular complexity index is 1670. The Balaban J connectivity index is 1.33. The fourth-order valence-corrected chi connectivity index (χ4v) is 6.72. The highest BCUT2D eigenvalue weighted by Gasteiger charge is 2.52. The van der Waals surface area contributed by atoms with E-state index in [4.69, 9.17) is 4.99 Å². The van der Waals surface area contributed by atoms with E-state index in [2.05, 4.69) is 71.0 Å². The molecule has 238 valence electrons. The van der Waals surface area contributed by atoms with Crippen LogP contribution in [0.5, 0.6) is 0 Å². The number of aromatic nitrogens is 4. The van der Waals surface area contributed by atoms with Gasteiger partial charge in [-0.2, -0.15) is 5.21 Å². The Morgan fingerprint density at radius 3 is 2.35 bits per heavy atom. The van der Waals surface area contributed by atoms with Crippen molar-refractivity contribution in [1.82, 2.24) is 30.8 Å². The minimum absolute atomic E-state index is 0.0365. The molecule has 0 saturated heterocycles. The van der Waals surface area contributed by atoms with Crippen molar-refractivity contribution in [3.05, 3.63) is 113 Å². The van der Waals surface area contributed by atoms with E-state index in [1.54, 1.807) is 24.3 Å². The van der Waals surface area contributed by atoms with E-state index < -0.39 is 5.66 Å². The predicted octanol–water partition coefficient (Wildman–Crippen LogP) is 6.52. The van der Waals surface area contributed by atoms with Crippen LogP contribution in [0.25, 0.3) is 0 Å². The van der Waals surface area contributed by atoms with Crippen molar-refractivity contribution < 1.29 is 14.0 Å². The van der Waals surface area contributed by atoms with E-state index in [0.717, 1.165) is 44.1 Å². The second-order valence-electron chi connectivity index (χ2n) is 13.6. The van der Waals surface area contributed by atoms with Crippen molar-refractivity contribution in [2.45, 2.75) is 83.5 Å². The van der Waals surface area contributed by atoms with E-state index >= 15 is 0 Å². The molecule has 1 atom stereocenters. The first-order chi connectivity index (χ1) is 22.1. The highest BCUT2D eigenvalue weighted by molar-refractivity contribution is 6.46. The molecular formula is C36H40FN7O2. The van der Waals surface area contributed by atoms with Crippen LogP contribution in [0.15, 0.2) is 83.9 Å². The van der Waals surface area contributed by atoms with E-state index in [9.17, 15) is 14.0 Å². The Morgan fingerprint density at radius 1 is 1.02 bits per heavy atom.